The first-order chi connectivity index (χ1) is 22.6. The zero-order chi connectivity index (χ0) is 33.4. The maximum absolute atomic E-state index is 14.2. The average Bonchev–Trinajstić information content (AvgIpc) is 3.51. The molecule has 0 aliphatic carbocycles. The van der Waals surface area contributed by atoms with E-state index in [4.69, 9.17) is 14.2 Å². The smallest absolute Gasteiger partial charge is 0.338 e. The topological polar surface area (TPSA) is 133 Å². The van der Waals surface area contributed by atoms with Crippen LogP contribution in [0.15, 0.2) is 76.6 Å². The number of benzene rings is 3. The van der Waals surface area contributed by atoms with Gasteiger partial charge in [-0.1, -0.05) is 46.9 Å². The number of ether oxygens (including phenoxy) is 3. The van der Waals surface area contributed by atoms with E-state index in [1.165, 1.54) is 43.1 Å². The second-order valence-electron chi connectivity index (χ2n) is 11.0. The highest BCUT2D eigenvalue weighted by molar-refractivity contribution is 8.00. The first-order valence-electron chi connectivity index (χ1n) is 14.8. The van der Waals surface area contributed by atoms with E-state index >= 15 is 0 Å². The molecule has 3 atom stereocenters. The van der Waals surface area contributed by atoms with Gasteiger partial charge >= 0.3 is 10.8 Å². The number of anilines is 2. The number of hydrogen-bond acceptors (Lipinski definition) is 10. The highest BCUT2D eigenvalue weighted by Gasteiger charge is 2.57. The number of methoxy groups -OCH3 is 2. The van der Waals surface area contributed by atoms with E-state index in [9.17, 15) is 24.0 Å². The third-order valence-corrected chi connectivity index (χ3v) is 10.7. The minimum atomic E-state index is -0.891. The molecular formula is C34H31N3O8S2. The Morgan fingerprint density at radius 2 is 1.60 bits per heavy atom. The number of nitrogens with zero attached hydrogens (tertiary/aromatic N) is 2. The van der Waals surface area contributed by atoms with E-state index in [-0.39, 0.29) is 18.0 Å². The number of esters is 1. The summed E-state index contributed by atoms with van der Waals surface area (Å²) in [7, 11) is 3.01. The first-order valence-corrected chi connectivity index (χ1v) is 16.5. The van der Waals surface area contributed by atoms with E-state index in [2.05, 4.69) is 5.32 Å². The molecule has 0 radical (unpaired) electrons. The molecule has 1 aromatic heterocycles. The summed E-state index contributed by atoms with van der Waals surface area (Å²) in [5.74, 6) is -2.47. The quantitative estimate of drug-likeness (QED) is 0.196. The van der Waals surface area contributed by atoms with Crippen molar-refractivity contribution in [3.63, 3.8) is 0 Å². The second-order valence-corrected chi connectivity index (χ2v) is 13.1. The van der Waals surface area contributed by atoms with E-state index in [1.54, 1.807) is 37.3 Å². The van der Waals surface area contributed by atoms with Gasteiger partial charge in [0.05, 0.1) is 43.0 Å². The molecule has 0 spiro atoms. The van der Waals surface area contributed by atoms with Crippen molar-refractivity contribution in [1.29, 1.82) is 0 Å². The molecule has 1 saturated heterocycles. The van der Waals surface area contributed by atoms with Crippen LogP contribution in [0.2, 0.25) is 0 Å². The summed E-state index contributed by atoms with van der Waals surface area (Å²) in [6, 6.07) is 18.6. The van der Waals surface area contributed by atoms with Crippen molar-refractivity contribution < 1.29 is 33.4 Å². The lowest BCUT2D eigenvalue weighted by atomic mass is 9.83. The molecule has 2 aliphatic heterocycles. The van der Waals surface area contributed by atoms with Gasteiger partial charge in [0.25, 0.3) is 0 Å². The molecule has 242 valence electrons. The number of rotatable bonds is 9. The minimum Gasteiger partial charge on any atom is -0.493 e. The van der Waals surface area contributed by atoms with Crippen LogP contribution in [-0.2, 0) is 25.7 Å². The largest absolute Gasteiger partial charge is 0.493 e. The standard InChI is InChI=1S/C34H31N3O8S2/c1-5-45-33(41)19-8-13-22(14-9-19)37-30(39)27-26(20-10-15-23(43-3)24(16-20)44-4)29-32(46-28(27)31(37)40)36(34(42)47-29)17-25(38)35-21-11-6-18(2)7-12-21/h6-16,26-28H,5,17H2,1-4H3,(H,35,38)/t26-,27?,28?/m1/s1. The maximum Gasteiger partial charge on any atom is 0.338 e. The van der Waals surface area contributed by atoms with Crippen LogP contribution in [0.3, 0.4) is 0 Å². The Morgan fingerprint density at radius 1 is 0.894 bits per heavy atom. The fraction of sp³-hybridized carbons (Fsp3) is 0.265. The van der Waals surface area contributed by atoms with E-state index in [0.29, 0.717) is 43.9 Å². The Labute approximate surface area is 278 Å². The van der Waals surface area contributed by atoms with Gasteiger partial charge in [-0.05, 0) is 67.9 Å². The average molecular weight is 674 g/mol. The Bertz CT molecular complexity index is 1930. The Kier molecular flexibility index (Phi) is 8.93. The molecule has 3 heterocycles. The molecule has 1 fully saturated rings. The molecule has 1 N–H and O–H groups in total. The second kappa shape index (κ2) is 13.1. The summed E-state index contributed by atoms with van der Waals surface area (Å²) in [6.45, 7) is 3.58. The van der Waals surface area contributed by atoms with Gasteiger partial charge < -0.3 is 19.5 Å². The molecule has 13 heteroatoms. The number of thioether (sulfide) groups is 1. The highest BCUT2D eigenvalue weighted by Crippen LogP contribution is 2.54. The van der Waals surface area contributed by atoms with E-state index < -0.39 is 40.8 Å². The highest BCUT2D eigenvalue weighted by atomic mass is 32.2. The number of fused-ring (bicyclic) bond motifs is 2. The van der Waals surface area contributed by atoms with Gasteiger partial charge in [0.1, 0.15) is 11.8 Å². The van der Waals surface area contributed by atoms with Gasteiger partial charge in [0.15, 0.2) is 11.5 Å². The summed E-state index contributed by atoms with van der Waals surface area (Å²) < 4.78 is 17.4. The zero-order valence-electron chi connectivity index (χ0n) is 26.0. The molecule has 2 aliphatic rings. The number of carbonyl (C=O) groups excluding carboxylic acids is 4. The number of nitrogens with one attached hydrogen (secondary N) is 1. The molecule has 3 aromatic carbocycles. The Balaban J connectivity index is 1.40. The van der Waals surface area contributed by atoms with Crippen LogP contribution >= 0.6 is 23.1 Å². The van der Waals surface area contributed by atoms with Crippen molar-refractivity contribution in [2.24, 2.45) is 5.92 Å². The van der Waals surface area contributed by atoms with Gasteiger partial charge in [-0.25, -0.2) is 9.69 Å². The first kappa shape index (κ1) is 32.1. The summed E-state index contributed by atoms with van der Waals surface area (Å²) in [4.78, 5) is 68.5. The van der Waals surface area contributed by atoms with Crippen molar-refractivity contribution in [2.45, 2.75) is 36.6 Å². The minimum absolute atomic E-state index is 0.213. The predicted molar refractivity (Wildman–Crippen MR) is 178 cm³/mol. The van der Waals surface area contributed by atoms with Crippen molar-refractivity contribution in [3.05, 3.63) is 98.0 Å². The summed E-state index contributed by atoms with van der Waals surface area (Å²) in [5.41, 5.74) is 2.89. The Morgan fingerprint density at radius 3 is 2.26 bits per heavy atom. The monoisotopic (exact) mass is 673 g/mol. The van der Waals surface area contributed by atoms with Gasteiger partial charge in [-0.2, -0.15) is 0 Å². The zero-order valence-corrected chi connectivity index (χ0v) is 27.6. The molecule has 2 unspecified atom stereocenters. The molecule has 0 saturated carbocycles. The van der Waals surface area contributed by atoms with Crippen LogP contribution < -0.4 is 24.6 Å². The number of aryl methyl sites for hydroxylation is 1. The maximum atomic E-state index is 14.2. The van der Waals surface area contributed by atoms with Crippen molar-refractivity contribution in [2.75, 3.05) is 31.0 Å². The SMILES string of the molecule is CCOC(=O)c1ccc(N2C(=O)C3Sc4c(sc(=O)n4CC(=O)Nc4ccc(C)cc4)[C@H](c4ccc(OC)c(OC)c4)C3C2=O)cc1. The number of amides is 3. The van der Waals surface area contributed by atoms with Crippen LogP contribution in [0.1, 0.15) is 39.2 Å². The van der Waals surface area contributed by atoms with Crippen molar-refractivity contribution in [1.82, 2.24) is 4.57 Å². The van der Waals surface area contributed by atoms with Gasteiger partial charge in [0, 0.05) is 16.5 Å². The lowest BCUT2D eigenvalue weighted by Gasteiger charge is -2.31. The fourth-order valence-electron chi connectivity index (χ4n) is 5.86. The third-order valence-electron chi connectivity index (χ3n) is 8.09. The lowest BCUT2D eigenvalue weighted by molar-refractivity contribution is -0.122. The van der Waals surface area contributed by atoms with Gasteiger partial charge in [-0.15, -0.1) is 0 Å². The summed E-state index contributed by atoms with van der Waals surface area (Å²) in [5, 5.41) is 2.40. The fourth-order valence-corrected chi connectivity index (χ4v) is 8.63. The molecular weight excluding hydrogens is 643 g/mol. The number of carbonyl (C=O) groups is 4. The van der Waals surface area contributed by atoms with Crippen molar-refractivity contribution >= 4 is 58.2 Å². The van der Waals surface area contributed by atoms with Crippen LogP contribution in [0.5, 0.6) is 11.5 Å². The Hall–Kier alpha value is -4.88. The molecule has 11 nitrogen and oxygen atoms in total. The van der Waals surface area contributed by atoms with Crippen LogP contribution in [0.4, 0.5) is 11.4 Å². The van der Waals surface area contributed by atoms with E-state index in [1.807, 2.05) is 19.1 Å². The van der Waals surface area contributed by atoms with Crippen LogP contribution in [0.25, 0.3) is 0 Å². The van der Waals surface area contributed by atoms with Crippen molar-refractivity contribution in [3.8, 4) is 11.5 Å². The summed E-state index contributed by atoms with van der Waals surface area (Å²) in [6.07, 6.45) is 0. The van der Waals surface area contributed by atoms with Gasteiger partial charge in [0.2, 0.25) is 17.7 Å². The van der Waals surface area contributed by atoms with Crippen LogP contribution in [-0.4, -0.2) is 54.3 Å². The van der Waals surface area contributed by atoms with E-state index in [0.717, 1.165) is 33.6 Å². The predicted octanol–water partition coefficient (Wildman–Crippen LogP) is 4.85. The lowest BCUT2D eigenvalue weighted by Crippen LogP contribution is -2.33. The number of hydrogen-bond donors (Lipinski definition) is 1. The molecule has 47 heavy (non-hydrogen) atoms. The molecule has 0 bridgehead atoms. The van der Waals surface area contributed by atoms with Crippen LogP contribution in [0, 0.1) is 12.8 Å². The number of imide groups is 1. The normalized spacial score (nSPS) is 18.4. The third kappa shape index (κ3) is 5.92. The molecule has 6 rings (SSSR count). The van der Waals surface area contributed by atoms with Gasteiger partial charge in [-0.3, -0.25) is 23.7 Å². The molecule has 4 aromatic rings. The number of aromatic nitrogens is 1. The number of thiazole rings is 1. The molecule has 3 amide bonds. The summed E-state index contributed by atoms with van der Waals surface area (Å²) >= 11 is 2.07.